The lowest BCUT2D eigenvalue weighted by Gasteiger charge is -2.22. The molecule has 0 bridgehead atoms. The van der Waals surface area contributed by atoms with E-state index in [0.717, 1.165) is 12.0 Å². The quantitative estimate of drug-likeness (QED) is 0.916. The van der Waals surface area contributed by atoms with Crippen molar-refractivity contribution in [1.29, 1.82) is 0 Å². The van der Waals surface area contributed by atoms with Crippen LogP contribution in [0.15, 0.2) is 24.3 Å². The number of hydrogen-bond acceptors (Lipinski definition) is 3. The molecule has 0 spiro atoms. The molecule has 0 unspecified atom stereocenters. The summed E-state index contributed by atoms with van der Waals surface area (Å²) in [6, 6.07) is 7.22. The van der Waals surface area contributed by atoms with Crippen molar-refractivity contribution in [1.82, 2.24) is 9.80 Å². The Bertz CT molecular complexity index is 470. The third-order valence-corrected chi connectivity index (χ3v) is 3.71. The van der Waals surface area contributed by atoms with E-state index >= 15 is 0 Å². The number of rotatable bonds is 4. The fraction of sp³-hybridized carbons (Fsp3) is 0.533. The summed E-state index contributed by atoms with van der Waals surface area (Å²) in [6.07, 6.45) is -1.60. The van der Waals surface area contributed by atoms with Crippen LogP contribution in [0.5, 0.6) is 0 Å². The van der Waals surface area contributed by atoms with E-state index in [0.29, 0.717) is 38.3 Å². The van der Waals surface area contributed by atoms with Gasteiger partial charge in [-0.1, -0.05) is 12.1 Å². The van der Waals surface area contributed by atoms with E-state index in [2.05, 4.69) is 0 Å². The fourth-order valence-electron chi connectivity index (χ4n) is 2.52. The van der Waals surface area contributed by atoms with E-state index in [1.165, 1.54) is 0 Å². The van der Waals surface area contributed by atoms with Crippen LogP contribution in [0.1, 0.15) is 22.3 Å². The molecule has 0 atom stereocenters. The molecule has 1 heterocycles. The number of hydrogen-bond donors (Lipinski definition) is 1. The highest BCUT2D eigenvalue weighted by atomic mass is 35.5. The molecular formula is C15H22ClF2N3O. The minimum Gasteiger partial charge on any atom is -0.337 e. The standard InChI is InChI=1S/C15H21F2N3O.ClH/c16-14(17)11-19-6-1-7-20(9-8-19)15(21)13-4-2-12(10-18)3-5-13;/h2-5,14H,1,6-11,18H2;1H. The molecule has 1 aliphatic rings. The number of amides is 1. The molecule has 2 N–H and O–H groups in total. The SMILES string of the molecule is Cl.NCc1ccc(C(=O)N2CCCN(CC(F)F)CC2)cc1. The zero-order valence-corrected chi connectivity index (χ0v) is 13.2. The summed E-state index contributed by atoms with van der Waals surface area (Å²) in [4.78, 5) is 15.9. The Morgan fingerprint density at radius 3 is 2.41 bits per heavy atom. The van der Waals surface area contributed by atoms with E-state index < -0.39 is 6.43 Å². The molecule has 1 aromatic carbocycles. The summed E-state index contributed by atoms with van der Waals surface area (Å²) in [5.74, 6) is -0.0440. The molecule has 124 valence electrons. The molecule has 0 radical (unpaired) electrons. The number of alkyl halides is 2. The van der Waals surface area contributed by atoms with E-state index in [9.17, 15) is 13.6 Å². The summed E-state index contributed by atoms with van der Waals surface area (Å²) in [6.45, 7) is 2.44. The second-order valence-corrected chi connectivity index (χ2v) is 5.24. The Hall–Kier alpha value is -1.24. The third-order valence-electron chi connectivity index (χ3n) is 3.71. The topological polar surface area (TPSA) is 49.6 Å². The first-order chi connectivity index (χ1) is 10.1. The molecule has 4 nitrogen and oxygen atoms in total. The Labute approximate surface area is 135 Å². The van der Waals surface area contributed by atoms with Crippen LogP contribution in [0.2, 0.25) is 0 Å². The highest BCUT2D eigenvalue weighted by Crippen LogP contribution is 2.11. The summed E-state index contributed by atoms with van der Waals surface area (Å²) >= 11 is 0. The van der Waals surface area contributed by atoms with Crippen LogP contribution in [0, 0.1) is 0 Å². The zero-order valence-electron chi connectivity index (χ0n) is 12.4. The van der Waals surface area contributed by atoms with Crippen molar-refractivity contribution in [3.8, 4) is 0 Å². The lowest BCUT2D eigenvalue weighted by Crippen LogP contribution is -2.36. The van der Waals surface area contributed by atoms with Crippen LogP contribution in [-0.4, -0.2) is 54.9 Å². The predicted octanol–water partition coefficient (Wildman–Crippen LogP) is 1.98. The van der Waals surface area contributed by atoms with Crippen molar-refractivity contribution in [3.63, 3.8) is 0 Å². The number of carbonyl (C=O) groups is 1. The molecule has 1 aromatic rings. The maximum atomic E-state index is 12.4. The van der Waals surface area contributed by atoms with Crippen molar-refractivity contribution in [2.45, 2.75) is 19.4 Å². The van der Waals surface area contributed by atoms with Gasteiger partial charge >= 0.3 is 0 Å². The molecular weight excluding hydrogens is 312 g/mol. The average molecular weight is 334 g/mol. The van der Waals surface area contributed by atoms with Gasteiger partial charge in [-0.25, -0.2) is 8.78 Å². The molecule has 22 heavy (non-hydrogen) atoms. The number of benzene rings is 1. The van der Waals surface area contributed by atoms with Gasteiger partial charge in [-0.2, -0.15) is 0 Å². The minimum atomic E-state index is -2.32. The Morgan fingerprint density at radius 1 is 1.14 bits per heavy atom. The zero-order chi connectivity index (χ0) is 15.2. The van der Waals surface area contributed by atoms with Gasteiger partial charge < -0.3 is 10.6 Å². The van der Waals surface area contributed by atoms with Crippen molar-refractivity contribution in [2.75, 3.05) is 32.7 Å². The van der Waals surface area contributed by atoms with Gasteiger partial charge in [0.25, 0.3) is 12.3 Å². The van der Waals surface area contributed by atoms with Crippen LogP contribution in [-0.2, 0) is 6.54 Å². The van der Waals surface area contributed by atoms with Crippen molar-refractivity contribution < 1.29 is 13.6 Å². The molecule has 1 amide bonds. The van der Waals surface area contributed by atoms with E-state index in [-0.39, 0.29) is 24.9 Å². The van der Waals surface area contributed by atoms with E-state index in [1.54, 1.807) is 21.9 Å². The van der Waals surface area contributed by atoms with Crippen LogP contribution >= 0.6 is 12.4 Å². The molecule has 0 saturated carbocycles. The maximum absolute atomic E-state index is 12.4. The number of nitrogens with two attached hydrogens (primary N) is 1. The van der Waals surface area contributed by atoms with E-state index in [1.807, 2.05) is 12.1 Å². The van der Waals surface area contributed by atoms with Gasteiger partial charge in [-0.05, 0) is 24.1 Å². The average Bonchev–Trinajstić information content (AvgIpc) is 2.71. The summed E-state index contributed by atoms with van der Waals surface area (Å²) < 4.78 is 24.8. The normalized spacial score (nSPS) is 16.3. The highest BCUT2D eigenvalue weighted by molar-refractivity contribution is 5.94. The molecule has 7 heteroatoms. The molecule has 1 fully saturated rings. The third kappa shape index (κ3) is 5.19. The second-order valence-electron chi connectivity index (χ2n) is 5.24. The minimum absolute atomic E-state index is 0. The number of halogens is 3. The largest absolute Gasteiger partial charge is 0.337 e. The first kappa shape index (κ1) is 18.8. The lowest BCUT2D eigenvalue weighted by molar-refractivity contribution is 0.0742. The Kier molecular flexibility index (Phi) is 7.72. The lowest BCUT2D eigenvalue weighted by atomic mass is 10.1. The van der Waals surface area contributed by atoms with Gasteiger partial charge in [0.1, 0.15) is 0 Å². The molecule has 0 aliphatic carbocycles. The maximum Gasteiger partial charge on any atom is 0.253 e. The first-order valence-corrected chi connectivity index (χ1v) is 7.19. The molecule has 1 aliphatic heterocycles. The summed E-state index contributed by atoms with van der Waals surface area (Å²) in [7, 11) is 0. The van der Waals surface area contributed by atoms with Gasteiger partial charge in [-0.15, -0.1) is 12.4 Å². The first-order valence-electron chi connectivity index (χ1n) is 7.19. The van der Waals surface area contributed by atoms with Crippen LogP contribution in [0.3, 0.4) is 0 Å². The van der Waals surface area contributed by atoms with Gasteiger partial charge in [0.05, 0.1) is 6.54 Å². The number of carbonyl (C=O) groups excluding carboxylic acids is 1. The van der Waals surface area contributed by atoms with Gasteiger partial charge in [0.15, 0.2) is 0 Å². The van der Waals surface area contributed by atoms with Gasteiger partial charge in [0, 0.05) is 38.3 Å². The summed E-state index contributed by atoms with van der Waals surface area (Å²) in [5, 5.41) is 0. The molecule has 0 aromatic heterocycles. The van der Waals surface area contributed by atoms with Gasteiger partial charge in [-0.3, -0.25) is 9.69 Å². The van der Waals surface area contributed by atoms with Crippen LogP contribution < -0.4 is 5.73 Å². The van der Waals surface area contributed by atoms with Gasteiger partial charge in [0.2, 0.25) is 0 Å². The smallest absolute Gasteiger partial charge is 0.253 e. The van der Waals surface area contributed by atoms with Crippen LogP contribution in [0.25, 0.3) is 0 Å². The van der Waals surface area contributed by atoms with Crippen molar-refractivity contribution in [2.24, 2.45) is 5.73 Å². The Balaban J connectivity index is 0.00000242. The van der Waals surface area contributed by atoms with Crippen molar-refractivity contribution >= 4 is 18.3 Å². The predicted molar refractivity (Wildman–Crippen MR) is 84.5 cm³/mol. The van der Waals surface area contributed by atoms with Crippen molar-refractivity contribution in [3.05, 3.63) is 35.4 Å². The molecule has 1 saturated heterocycles. The van der Waals surface area contributed by atoms with Crippen LogP contribution in [0.4, 0.5) is 8.78 Å². The van der Waals surface area contributed by atoms with E-state index in [4.69, 9.17) is 5.73 Å². The second kappa shape index (κ2) is 9.02. The monoisotopic (exact) mass is 333 g/mol. The Morgan fingerprint density at radius 2 is 1.82 bits per heavy atom. The fourth-order valence-corrected chi connectivity index (χ4v) is 2.52. The molecule has 2 rings (SSSR count). The number of nitrogens with zero attached hydrogens (tertiary/aromatic N) is 2. The highest BCUT2D eigenvalue weighted by Gasteiger charge is 2.21. The summed E-state index contributed by atoms with van der Waals surface area (Å²) in [5.41, 5.74) is 7.13.